The molecule has 6 nitrogen and oxygen atoms in total. The van der Waals surface area contributed by atoms with E-state index < -0.39 is 10.9 Å². The first kappa shape index (κ1) is 14.6. The summed E-state index contributed by atoms with van der Waals surface area (Å²) in [7, 11) is 0. The van der Waals surface area contributed by atoms with Gasteiger partial charge >= 0.3 is 11.7 Å². The second-order valence-electron chi connectivity index (χ2n) is 4.86. The van der Waals surface area contributed by atoms with Crippen LogP contribution < -0.4 is 5.32 Å². The summed E-state index contributed by atoms with van der Waals surface area (Å²) in [4.78, 5) is 21.5. The molecule has 1 aromatic carbocycles. The molecule has 2 rings (SSSR count). The third-order valence-corrected chi connectivity index (χ3v) is 5.17. The Labute approximate surface area is 120 Å². The van der Waals surface area contributed by atoms with Gasteiger partial charge in [0.25, 0.3) is 0 Å². The number of rotatable bonds is 6. The van der Waals surface area contributed by atoms with Crippen molar-refractivity contribution in [1.29, 1.82) is 0 Å². The first-order chi connectivity index (χ1) is 9.49. The second-order valence-corrected chi connectivity index (χ2v) is 6.13. The standard InChI is InChI=1S/C13H16N2O4S/c1-20-13(6-3-7-13)8-14-10-5-2-4-9(12(16)17)11(10)15(18)19/h2,4-5,14H,3,6-8H2,1H3,(H,16,17). The fourth-order valence-electron chi connectivity index (χ4n) is 2.34. The van der Waals surface area contributed by atoms with E-state index in [1.165, 1.54) is 18.6 Å². The molecule has 0 spiro atoms. The molecule has 1 aliphatic rings. The maximum absolute atomic E-state index is 11.1. The summed E-state index contributed by atoms with van der Waals surface area (Å²) >= 11 is 1.75. The van der Waals surface area contributed by atoms with Crippen molar-refractivity contribution >= 4 is 29.1 Å². The van der Waals surface area contributed by atoms with Crippen LogP contribution in [0.15, 0.2) is 18.2 Å². The maximum atomic E-state index is 11.1. The summed E-state index contributed by atoms with van der Waals surface area (Å²) in [6.07, 6.45) is 5.35. The molecule has 0 aromatic heterocycles. The van der Waals surface area contributed by atoms with Gasteiger partial charge in [-0.05, 0) is 31.2 Å². The summed E-state index contributed by atoms with van der Waals surface area (Å²) in [5.41, 5.74) is -0.377. The number of carbonyl (C=O) groups is 1. The highest BCUT2D eigenvalue weighted by Crippen LogP contribution is 2.43. The molecule has 108 valence electrons. The number of nitro groups is 1. The fourth-order valence-corrected chi connectivity index (χ4v) is 3.25. The third-order valence-electron chi connectivity index (χ3n) is 3.75. The minimum absolute atomic E-state index is 0.118. The highest BCUT2D eigenvalue weighted by Gasteiger charge is 2.36. The highest BCUT2D eigenvalue weighted by molar-refractivity contribution is 8.00. The molecule has 0 unspecified atom stereocenters. The highest BCUT2D eigenvalue weighted by atomic mass is 32.2. The summed E-state index contributed by atoms with van der Waals surface area (Å²) in [6.45, 7) is 0.609. The molecule has 0 saturated heterocycles. The van der Waals surface area contributed by atoms with Crippen LogP contribution in [0, 0.1) is 10.1 Å². The Hall–Kier alpha value is -1.76. The molecule has 0 amide bonds. The van der Waals surface area contributed by atoms with E-state index in [1.807, 2.05) is 6.26 Å². The number of anilines is 1. The first-order valence-electron chi connectivity index (χ1n) is 6.29. The van der Waals surface area contributed by atoms with E-state index in [0.717, 1.165) is 12.8 Å². The van der Waals surface area contributed by atoms with Crippen LogP contribution in [0.2, 0.25) is 0 Å². The van der Waals surface area contributed by atoms with Crippen LogP contribution in [0.1, 0.15) is 29.6 Å². The minimum atomic E-state index is -1.29. The van der Waals surface area contributed by atoms with Crippen molar-refractivity contribution in [1.82, 2.24) is 0 Å². The van der Waals surface area contributed by atoms with Crippen LogP contribution in [-0.2, 0) is 0 Å². The zero-order chi connectivity index (χ0) is 14.8. The smallest absolute Gasteiger partial charge is 0.342 e. The number of benzene rings is 1. The average Bonchev–Trinajstić information content (AvgIpc) is 2.37. The number of aromatic carboxylic acids is 1. The van der Waals surface area contributed by atoms with Gasteiger partial charge < -0.3 is 10.4 Å². The largest absolute Gasteiger partial charge is 0.477 e. The number of carboxylic acids is 1. The van der Waals surface area contributed by atoms with E-state index in [0.29, 0.717) is 6.54 Å². The monoisotopic (exact) mass is 296 g/mol. The zero-order valence-electron chi connectivity index (χ0n) is 11.1. The lowest BCUT2D eigenvalue weighted by molar-refractivity contribution is -0.384. The third kappa shape index (κ3) is 2.72. The van der Waals surface area contributed by atoms with Crippen LogP contribution in [0.4, 0.5) is 11.4 Å². The quantitative estimate of drug-likeness (QED) is 0.619. The predicted octanol–water partition coefficient (Wildman–Crippen LogP) is 2.99. The van der Waals surface area contributed by atoms with Crippen LogP contribution in [0.5, 0.6) is 0 Å². The molecule has 0 heterocycles. The zero-order valence-corrected chi connectivity index (χ0v) is 11.9. The van der Waals surface area contributed by atoms with Crippen LogP contribution in [0.25, 0.3) is 0 Å². The SMILES string of the molecule is CSC1(CNc2cccc(C(=O)O)c2[N+](=O)[O-])CCC1. The molecule has 1 aliphatic carbocycles. The van der Waals surface area contributed by atoms with Crippen molar-refractivity contribution in [2.45, 2.75) is 24.0 Å². The fraction of sp³-hybridized carbons (Fsp3) is 0.462. The van der Waals surface area contributed by atoms with Crippen LogP contribution >= 0.6 is 11.8 Å². The number of thioether (sulfide) groups is 1. The molecule has 1 aromatic rings. The Bertz CT molecular complexity index is 538. The van der Waals surface area contributed by atoms with Crippen molar-refractivity contribution < 1.29 is 14.8 Å². The van der Waals surface area contributed by atoms with Gasteiger partial charge in [-0.3, -0.25) is 10.1 Å². The normalized spacial score (nSPS) is 16.2. The van der Waals surface area contributed by atoms with Gasteiger partial charge in [-0.15, -0.1) is 0 Å². The average molecular weight is 296 g/mol. The van der Waals surface area contributed by atoms with Gasteiger partial charge in [-0.2, -0.15) is 11.8 Å². The van der Waals surface area contributed by atoms with Gasteiger partial charge in [0.15, 0.2) is 0 Å². The van der Waals surface area contributed by atoms with Crippen molar-refractivity contribution in [2.24, 2.45) is 0 Å². The number of para-hydroxylation sites is 1. The van der Waals surface area contributed by atoms with Crippen molar-refractivity contribution in [3.8, 4) is 0 Å². The van der Waals surface area contributed by atoms with Gasteiger partial charge in [0.2, 0.25) is 0 Å². The Morgan fingerprint density at radius 3 is 2.70 bits per heavy atom. The molecule has 20 heavy (non-hydrogen) atoms. The number of nitrogens with one attached hydrogen (secondary N) is 1. The van der Waals surface area contributed by atoms with E-state index in [1.54, 1.807) is 17.8 Å². The number of hydrogen-bond donors (Lipinski definition) is 2. The molecular weight excluding hydrogens is 280 g/mol. The Kier molecular flexibility index (Phi) is 4.17. The van der Waals surface area contributed by atoms with E-state index in [9.17, 15) is 14.9 Å². The predicted molar refractivity (Wildman–Crippen MR) is 78.6 cm³/mol. The molecule has 2 N–H and O–H groups in total. The number of nitro benzene ring substituents is 1. The number of carboxylic acid groups (broad SMARTS) is 1. The van der Waals surface area contributed by atoms with E-state index in [4.69, 9.17) is 5.11 Å². The molecule has 0 bridgehead atoms. The minimum Gasteiger partial charge on any atom is -0.477 e. The lowest BCUT2D eigenvalue weighted by atomic mass is 9.84. The van der Waals surface area contributed by atoms with Crippen LogP contribution in [0.3, 0.4) is 0 Å². The van der Waals surface area contributed by atoms with E-state index in [2.05, 4.69) is 5.32 Å². The van der Waals surface area contributed by atoms with Gasteiger partial charge in [0, 0.05) is 11.3 Å². The molecule has 0 atom stereocenters. The summed E-state index contributed by atoms with van der Waals surface area (Å²) in [5.74, 6) is -1.29. The lowest BCUT2D eigenvalue weighted by Gasteiger charge is -2.40. The van der Waals surface area contributed by atoms with Gasteiger partial charge in [0.05, 0.1) is 4.92 Å². The summed E-state index contributed by atoms with van der Waals surface area (Å²) in [5, 5.41) is 23.2. The molecule has 1 fully saturated rings. The van der Waals surface area contributed by atoms with Crippen LogP contribution in [-0.4, -0.2) is 33.5 Å². The van der Waals surface area contributed by atoms with Gasteiger partial charge in [0.1, 0.15) is 11.3 Å². The van der Waals surface area contributed by atoms with Crippen molar-refractivity contribution in [2.75, 3.05) is 18.1 Å². The molecule has 7 heteroatoms. The lowest BCUT2D eigenvalue weighted by Crippen LogP contribution is -2.40. The number of hydrogen-bond acceptors (Lipinski definition) is 5. The van der Waals surface area contributed by atoms with Crippen molar-refractivity contribution in [3.05, 3.63) is 33.9 Å². The summed E-state index contributed by atoms with van der Waals surface area (Å²) < 4.78 is 0.118. The van der Waals surface area contributed by atoms with E-state index >= 15 is 0 Å². The molecule has 0 radical (unpaired) electrons. The molecule has 0 aliphatic heterocycles. The number of nitrogens with zero attached hydrogens (tertiary/aromatic N) is 1. The Balaban J connectivity index is 2.25. The maximum Gasteiger partial charge on any atom is 0.342 e. The first-order valence-corrected chi connectivity index (χ1v) is 7.51. The Morgan fingerprint density at radius 1 is 1.55 bits per heavy atom. The topological polar surface area (TPSA) is 92.5 Å². The van der Waals surface area contributed by atoms with Gasteiger partial charge in [-0.25, -0.2) is 4.79 Å². The molecule has 1 saturated carbocycles. The second kappa shape index (κ2) is 5.70. The molecular formula is C13H16N2O4S. The summed E-state index contributed by atoms with van der Waals surface area (Å²) in [6, 6.07) is 4.32. The Morgan fingerprint density at radius 2 is 2.25 bits per heavy atom. The van der Waals surface area contributed by atoms with Gasteiger partial charge in [-0.1, -0.05) is 12.5 Å². The van der Waals surface area contributed by atoms with Crippen molar-refractivity contribution in [3.63, 3.8) is 0 Å². The van der Waals surface area contributed by atoms with E-state index in [-0.39, 0.29) is 21.7 Å².